The van der Waals surface area contributed by atoms with Crippen LogP contribution in [-0.4, -0.2) is 55.8 Å². The highest BCUT2D eigenvalue weighted by atomic mass is 19.4. The van der Waals surface area contributed by atoms with Gasteiger partial charge in [-0.15, -0.1) is 0 Å². The first-order chi connectivity index (χ1) is 12.7. The predicted octanol–water partition coefficient (Wildman–Crippen LogP) is 2.08. The molecule has 1 atom stereocenters. The van der Waals surface area contributed by atoms with E-state index < -0.39 is 36.2 Å². The maximum absolute atomic E-state index is 13.5. The smallest absolute Gasteiger partial charge is 0.402 e. The van der Waals surface area contributed by atoms with Gasteiger partial charge >= 0.3 is 6.18 Å². The number of ether oxygens (including phenoxy) is 2. The number of carbonyl (C=O) groups is 1. The van der Waals surface area contributed by atoms with Crippen LogP contribution in [0.3, 0.4) is 0 Å². The van der Waals surface area contributed by atoms with E-state index in [0.717, 1.165) is 6.08 Å². The number of rotatable bonds is 10. The van der Waals surface area contributed by atoms with Gasteiger partial charge in [0.2, 0.25) is 0 Å². The van der Waals surface area contributed by atoms with Crippen LogP contribution in [0.25, 0.3) is 0 Å². The topological polar surface area (TPSA) is 88.0 Å². The number of hydrogen-bond donors (Lipinski definition) is 3. The maximum Gasteiger partial charge on any atom is 0.402 e. The fourth-order valence-electron chi connectivity index (χ4n) is 2.26. The summed E-state index contributed by atoms with van der Waals surface area (Å²) in [6, 6.07) is 4.02. The Morgan fingerprint density at radius 3 is 2.44 bits per heavy atom. The molecule has 9 heteroatoms. The molecular formula is C18H22F3NO5. The summed E-state index contributed by atoms with van der Waals surface area (Å²) < 4.78 is 50.7. The van der Waals surface area contributed by atoms with E-state index in [0.29, 0.717) is 0 Å². The summed E-state index contributed by atoms with van der Waals surface area (Å²) >= 11 is 0. The Kier molecular flexibility index (Phi) is 7.86. The molecule has 0 spiro atoms. The Morgan fingerprint density at radius 1 is 1.30 bits per heavy atom. The van der Waals surface area contributed by atoms with Gasteiger partial charge in [0.15, 0.2) is 11.5 Å². The Labute approximate surface area is 154 Å². The van der Waals surface area contributed by atoms with Crippen molar-refractivity contribution in [1.29, 1.82) is 0 Å². The first kappa shape index (κ1) is 22.5. The first-order valence-corrected chi connectivity index (χ1v) is 7.86. The first-order valence-electron chi connectivity index (χ1n) is 7.86. The van der Waals surface area contributed by atoms with Gasteiger partial charge in [-0.2, -0.15) is 13.2 Å². The number of aliphatic hydroxyl groups excluding tert-OH is 2. The molecule has 0 aliphatic rings. The van der Waals surface area contributed by atoms with E-state index in [1.807, 2.05) is 0 Å². The monoisotopic (exact) mass is 389 g/mol. The molecule has 0 fully saturated rings. The third kappa shape index (κ3) is 5.01. The number of nitrogens with one attached hydrogen (secondary N) is 1. The van der Waals surface area contributed by atoms with Gasteiger partial charge in [-0.05, 0) is 23.8 Å². The van der Waals surface area contributed by atoms with E-state index in [1.54, 1.807) is 0 Å². The second-order valence-electron chi connectivity index (χ2n) is 5.59. The third-order valence-corrected chi connectivity index (χ3v) is 4.00. The Balaban J connectivity index is 3.03. The summed E-state index contributed by atoms with van der Waals surface area (Å²) in [5.74, 6) is -0.361. The van der Waals surface area contributed by atoms with E-state index in [4.69, 9.17) is 14.6 Å². The molecule has 3 N–H and O–H groups in total. The lowest BCUT2D eigenvalue weighted by Crippen LogP contribution is -2.50. The molecule has 6 nitrogen and oxygen atoms in total. The van der Waals surface area contributed by atoms with Crippen LogP contribution in [0.15, 0.2) is 43.0 Å². The summed E-state index contributed by atoms with van der Waals surface area (Å²) in [7, 11) is 1.33. The average Bonchev–Trinajstić information content (AvgIpc) is 2.65. The summed E-state index contributed by atoms with van der Waals surface area (Å²) in [6.45, 7) is 4.13. The van der Waals surface area contributed by atoms with Crippen LogP contribution >= 0.6 is 0 Å². The Hall–Kier alpha value is -2.52. The van der Waals surface area contributed by atoms with Crippen molar-refractivity contribution >= 4 is 5.91 Å². The van der Waals surface area contributed by atoms with Crippen LogP contribution in [0.5, 0.6) is 11.5 Å². The number of aliphatic hydroxyl groups is 2. The summed E-state index contributed by atoms with van der Waals surface area (Å²) in [5, 5.41) is 20.3. The van der Waals surface area contributed by atoms with Gasteiger partial charge in [0.25, 0.3) is 5.91 Å². The number of benzene rings is 1. The van der Waals surface area contributed by atoms with Gasteiger partial charge in [-0.1, -0.05) is 19.2 Å². The zero-order valence-electron chi connectivity index (χ0n) is 14.8. The number of amides is 1. The van der Waals surface area contributed by atoms with Crippen molar-refractivity contribution in [2.45, 2.75) is 6.18 Å². The zero-order valence-corrected chi connectivity index (χ0v) is 14.8. The molecule has 150 valence electrons. The van der Waals surface area contributed by atoms with E-state index >= 15 is 0 Å². The molecule has 0 aromatic heterocycles. The third-order valence-electron chi connectivity index (χ3n) is 4.00. The lowest BCUT2D eigenvalue weighted by Gasteiger charge is -2.34. The van der Waals surface area contributed by atoms with Gasteiger partial charge in [-0.3, -0.25) is 4.79 Å². The zero-order chi connectivity index (χ0) is 20.7. The number of halogens is 3. The SMILES string of the molecule is C=CC(=C)C(CO)(CNC(=O)c1ccc(OCCO)c(OC)c1)C(F)(F)F. The average molecular weight is 389 g/mol. The molecule has 1 rings (SSSR count). The number of allylic oxidation sites excluding steroid dienone is 1. The van der Waals surface area contributed by atoms with Crippen molar-refractivity contribution in [2.75, 3.05) is 33.5 Å². The van der Waals surface area contributed by atoms with Crippen molar-refractivity contribution in [1.82, 2.24) is 5.32 Å². The van der Waals surface area contributed by atoms with E-state index in [2.05, 4.69) is 18.5 Å². The van der Waals surface area contributed by atoms with Gasteiger partial charge in [-0.25, -0.2) is 0 Å². The lowest BCUT2D eigenvalue weighted by molar-refractivity contribution is -0.217. The van der Waals surface area contributed by atoms with Crippen LogP contribution in [0.2, 0.25) is 0 Å². The highest BCUT2D eigenvalue weighted by molar-refractivity contribution is 5.95. The van der Waals surface area contributed by atoms with E-state index in [1.165, 1.54) is 25.3 Å². The second-order valence-corrected chi connectivity index (χ2v) is 5.59. The minimum absolute atomic E-state index is 0.0101. The van der Waals surface area contributed by atoms with Crippen molar-refractivity contribution < 1.29 is 37.7 Å². The maximum atomic E-state index is 13.5. The molecule has 0 saturated carbocycles. The molecular weight excluding hydrogens is 367 g/mol. The largest absolute Gasteiger partial charge is 0.493 e. The number of carbonyl (C=O) groups excluding carboxylic acids is 1. The number of alkyl halides is 3. The van der Waals surface area contributed by atoms with Crippen LogP contribution in [0, 0.1) is 5.41 Å². The Bertz CT molecular complexity index is 690. The standard InChI is InChI=1S/C18H22F3NO5/c1-4-12(2)17(11-24,18(19,20)21)10-22-16(25)13-5-6-14(27-8-7-23)15(9-13)26-3/h4-6,9,23-24H,1-2,7-8,10-11H2,3H3,(H,22,25). The molecule has 1 amide bonds. The molecule has 0 heterocycles. The molecule has 0 radical (unpaired) electrons. The van der Waals surface area contributed by atoms with Crippen LogP contribution in [0.4, 0.5) is 13.2 Å². The molecule has 0 bridgehead atoms. The normalized spacial score (nSPS) is 13.4. The van der Waals surface area contributed by atoms with Crippen LogP contribution in [-0.2, 0) is 0 Å². The predicted molar refractivity (Wildman–Crippen MR) is 92.8 cm³/mol. The van der Waals surface area contributed by atoms with Crippen molar-refractivity contribution in [2.24, 2.45) is 5.41 Å². The van der Waals surface area contributed by atoms with Gasteiger partial charge in [0, 0.05) is 12.1 Å². The molecule has 27 heavy (non-hydrogen) atoms. The van der Waals surface area contributed by atoms with Crippen LogP contribution in [0.1, 0.15) is 10.4 Å². The quantitative estimate of drug-likeness (QED) is 0.534. The van der Waals surface area contributed by atoms with Gasteiger partial charge in [0.05, 0.1) is 20.3 Å². The highest BCUT2D eigenvalue weighted by Crippen LogP contribution is 2.43. The summed E-state index contributed by atoms with van der Waals surface area (Å²) in [6.07, 6.45) is -3.95. The van der Waals surface area contributed by atoms with Crippen molar-refractivity contribution in [3.05, 3.63) is 48.6 Å². The number of methoxy groups -OCH3 is 1. The van der Waals surface area contributed by atoms with E-state index in [9.17, 15) is 23.1 Å². The molecule has 0 aliphatic carbocycles. The van der Waals surface area contributed by atoms with E-state index in [-0.39, 0.29) is 30.3 Å². The Morgan fingerprint density at radius 2 is 1.96 bits per heavy atom. The van der Waals surface area contributed by atoms with Gasteiger partial charge in [0.1, 0.15) is 12.0 Å². The molecule has 1 unspecified atom stereocenters. The molecule has 1 aromatic carbocycles. The fraction of sp³-hybridized carbons (Fsp3) is 0.389. The second kappa shape index (κ2) is 9.43. The number of hydrogen-bond acceptors (Lipinski definition) is 5. The highest BCUT2D eigenvalue weighted by Gasteiger charge is 2.55. The van der Waals surface area contributed by atoms with Crippen molar-refractivity contribution in [3.8, 4) is 11.5 Å². The molecule has 0 aliphatic heterocycles. The minimum atomic E-state index is -4.85. The van der Waals surface area contributed by atoms with Gasteiger partial charge < -0.3 is 25.0 Å². The summed E-state index contributed by atoms with van der Waals surface area (Å²) in [4.78, 5) is 12.3. The molecule has 1 aromatic rings. The minimum Gasteiger partial charge on any atom is -0.493 e. The summed E-state index contributed by atoms with van der Waals surface area (Å²) in [5.41, 5.74) is -3.16. The van der Waals surface area contributed by atoms with Crippen molar-refractivity contribution in [3.63, 3.8) is 0 Å². The van der Waals surface area contributed by atoms with Crippen LogP contribution < -0.4 is 14.8 Å². The molecule has 0 saturated heterocycles. The lowest BCUT2D eigenvalue weighted by atomic mass is 9.80. The fourth-order valence-corrected chi connectivity index (χ4v) is 2.26.